The first kappa shape index (κ1) is 19.1. The normalized spacial score (nSPS) is 10.2. The highest BCUT2D eigenvalue weighted by Gasteiger charge is 2.26. The topological polar surface area (TPSA) is 113 Å². The van der Waals surface area contributed by atoms with Crippen LogP contribution >= 0.6 is 11.6 Å². The molecule has 0 radical (unpaired) electrons. The molecule has 3 aromatic rings. The number of nitrogens with zero attached hydrogens (tertiary/aromatic N) is 4. The quantitative estimate of drug-likeness (QED) is 0.482. The van der Waals surface area contributed by atoms with Gasteiger partial charge in [0.1, 0.15) is 6.33 Å². The summed E-state index contributed by atoms with van der Waals surface area (Å²) in [6, 6.07) is 15.2. The van der Waals surface area contributed by atoms with E-state index in [9.17, 15) is 14.9 Å². The summed E-state index contributed by atoms with van der Waals surface area (Å²) in [5.74, 6) is -0.558. The van der Waals surface area contributed by atoms with Gasteiger partial charge in [0.05, 0.1) is 4.92 Å². The maximum Gasteiger partial charge on any atom is 0.355 e. The molecule has 0 saturated carbocycles. The average molecular weight is 399 g/mol. The Bertz CT molecular complexity index is 998. The van der Waals surface area contributed by atoms with Crippen molar-refractivity contribution in [2.75, 3.05) is 17.4 Å². The fourth-order valence-electron chi connectivity index (χ4n) is 2.44. The third-order valence-electron chi connectivity index (χ3n) is 3.85. The summed E-state index contributed by atoms with van der Waals surface area (Å²) >= 11 is 5.80. The number of carbonyl (C=O) groups is 1. The van der Waals surface area contributed by atoms with E-state index in [2.05, 4.69) is 20.8 Å². The third-order valence-corrected chi connectivity index (χ3v) is 4.10. The zero-order chi connectivity index (χ0) is 20.1. The van der Waals surface area contributed by atoms with E-state index in [1.54, 1.807) is 36.2 Å². The van der Waals surface area contributed by atoms with Crippen LogP contribution in [-0.2, 0) is 0 Å². The number of halogens is 1. The molecular weight excluding hydrogens is 384 g/mol. The van der Waals surface area contributed by atoms with E-state index in [4.69, 9.17) is 11.6 Å². The fraction of sp³-hybridized carbons (Fsp3) is 0.0556. The number of hydrogen-bond donors (Lipinski definition) is 2. The molecular formula is C18H15ClN6O3. The van der Waals surface area contributed by atoms with Crippen molar-refractivity contribution in [3.63, 3.8) is 0 Å². The number of anilines is 3. The molecule has 0 aliphatic heterocycles. The van der Waals surface area contributed by atoms with Crippen molar-refractivity contribution in [3.05, 3.63) is 81.6 Å². The molecule has 0 atom stereocenters. The number of amides is 1. The second-order valence-electron chi connectivity index (χ2n) is 5.63. The van der Waals surface area contributed by atoms with Gasteiger partial charge in [0, 0.05) is 23.3 Å². The summed E-state index contributed by atoms with van der Waals surface area (Å²) in [5, 5.41) is 12.2. The summed E-state index contributed by atoms with van der Waals surface area (Å²) in [7, 11) is 1.65. The predicted octanol–water partition coefficient (Wildman–Crippen LogP) is 3.56. The molecule has 0 bridgehead atoms. The minimum Gasteiger partial charge on any atom is -0.324 e. The zero-order valence-electron chi connectivity index (χ0n) is 14.7. The Morgan fingerprint density at radius 2 is 1.79 bits per heavy atom. The van der Waals surface area contributed by atoms with Crippen molar-refractivity contribution >= 4 is 40.5 Å². The van der Waals surface area contributed by atoms with Crippen LogP contribution in [0.15, 0.2) is 60.9 Å². The van der Waals surface area contributed by atoms with Crippen LogP contribution in [0.1, 0.15) is 10.4 Å². The number of aromatic nitrogens is 2. The van der Waals surface area contributed by atoms with E-state index >= 15 is 0 Å². The zero-order valence-corrected chi connectivity index (χ0v) is 15.4. The summed E-state index contributed by atoms with van der Waals surface area (Å²) in [5.41, 5.74) is 5.56. The van der Waals surface area contributed by atoms with Gasteiger partial charge in [0.2, 0.25) is 11.6 Å². The van der Waals surface area contributed by atoms with Gasteiger partial charge in [-0.3, -0.25) is 25.8 Å². The van der Waals surface area contributed by atoms with Crippen molar-refractivity contribution in [3.8, 4) is 0 Å². The van der Waals surface area contributed by atoms with E-state index in [-0.39, 0.29) is 17.3 Å². The van der Waals surface area contributed by atoms with Gasteiger partial charge in [-0.2, -0.15) is 0 Å². The van der Waals surface area contributed by atoms with Gasteiger partial charge in [0.15, 0.2) is 0 Å². The second-order valence-corrected chi connectivity index (χ2v) is 6.07. The molecule has 0 aliphatic rings. The van der Waals surface area contributed by atoms with Gasteiger partial charge in [-0.25, -0.2) is 9.97 Å². The molecule has 142 valence electrons. The number of nitrogens with one attached hydrogen (secondary N) is 2. The summed E-state index contributed by atoms with van der Waals surface area (Å²) < 4.78 is 0. The minimum absolute atomic E-state index is 0.0782. The molecule has 9 nitrogen and oxygen atoms in total. The van der Waals surface area contributed by atoms with Gasteiger partial charge < -0.3 is 4.90 Å². The number of benzene rings is 2. The Hall–Kier alpha value is -3.72. The summed E-state index contributed by atoms with van der Waals surface area (Å²) in [6.45, 7) is 0. The highest BCUT2D eigenvalue weighted by atomic mass is 35.5. The van der Waals surface area contributed by atoms with E-state index in [0.717, 1.165) is 0 Å². The van der Waals surface area contributed by atoms with Crippen LogP contribution in [0.5, 0.6) is 0 Å². The van der Waals surface area contributed by atoms with E-state index in [0.29, 0.717) is 16.3 Å². The molecule has 2 N–H and O–H groups in total. The smallest absolute Gasteiger partial charge is 0.324 e. The predicted molar refractivity (Wildman–Crippen MR) is 106 cm³/mol. The largest absolute Gasteiger partial charge is 0.355 e. The molecule has 28 heavy (non-hydrogen) atoms. The lowest BCUT2D eigenvalue weighted by atomic mass is 10.2. The van der Waals surface area contributed by atoms with Crippen molar-refractivity contribution < 1.29 is 9.72 Å². The van der Waals surface area contributed by atoms with Gasteiger partial charge in [-0.1, -0.05) is 29.8 Å². The van der Waals surface area contributed by atoms with Crippen LogP contribution in [0, 0.1) is 10.1 Å². The van der Waals surface area contributed by atoms with E-state index in [1.807, 2.05) is 18.2 Å². The van der Waals surface area contributed by atoms with Crippen LogP contribution < -0.4 is 15.8 Å². The number of rotatable bonds is 6. The highest BCUT2D eigenvalue weighted by Crippen LogP contribution is 2.34. The van der Waals surface area contributed by atoms with E-state index < -0.39 is 10.8 Å². The lowest BCUT2D eigenvalue weighted by molar-refractivity contribution is -0.383. The first-order valence-electron chi connectivity index (χ1n) is 8.07. The lowest BCUT2D eigenvalue weighted by Crippen LogP contribution is -2.30. The van der Waals surface area contributed by atoms with Crippen molar-refractivity contribution in [2.45, 2.75) is 0 Å². The number of para-hydroxylation sites is 1. The molecule has 2 aromatic carbocycles. The number of nitro groups is 1. The molecule has 0 fully saturated rings. The molecule has 1 amide bonds. The van der Waals surface area contributed by atoms with Crippen molar-refractivity contribution in [2.24, 2.45) is 0 Å². The van der Waals surface area contributed by atoms with Gasteiger partial charge >= 0.3 is 5.69 Å². The van der Waals surface area contributed by atoms with E-state index in [1.165, 1.54) is 18.5 Å². The molecule has 0 aliphatic carbocycles. The second kappa shape index (κ2) is 8.31. The van der Waals surface area contributed by atoms with Crippen molar-refractivity contribution in [1.82, 2.24) is 15.4 Å². The highest BCUT2D eigenvalue weighted by molar-refractivity contribution is 6.30. The fourth-order valence-corrected chi connectivity index (χ4v) is 2.56. The Labute approximate surface area is 165 Å². The molecule has 3 rings (SSSR count). The van der Waals surface area contributed by atoms with Crippen LogP contribution in [-0.4, -0.2) is 27.8 Å². The molecule has 1 heterocycles. The summed E-state index contributed by atoms with van der Waals surface area (Å²) in [4.78, 5) is 32.8. The van der Waals surface area contributed by atoms with Crippen LogP contribution in [0.4, 0.5) is 23.0 Å². The molecule has 1 aromatic heterocycles. The number of carbonyl (C=O) groups excluding carboxylic acids is 1. The standard InChI is InChI=1S/C18H15ClN6O3/c1-24(14-5-3-2-4-6-14)17-15(25(27)28)16(20-11-21-17)22-23-18(26)12-7-9-13(19)10-8-12/h2-11H,1H3,(H,23,26)(H,20,21,22). The Kier molecular flexibility index (Phi) is 5.66. The Morgan fingerprint density at radius 3 is 2.43 bits per heavy atom. The lowest BCUT2D eigenvalue weighted by Gasteiger charge is -2.18. The van der Waals surface area contributed by atoms with Gasteiger partial charge in [0.25, 0.3) is 5.91 Å². The third kappa shape index (κ3) is 4.15. The molecule has 0 saturated heterocycles. The maximum absolute atomic E-state index is 12.2. The van der Waals surface area contributed by atoms with Crippen LogP contribution in [0.25, 0.3) is 0 Å². The summed E-state index contributed by atoms with van der Waals surface area (Å²) in [6.07, 6.45) is 1.18. The Morgan fingerprint density at radius 1 is 1.11 bits per heavy atom. The molecule has 0 unspecified atom stereocenters. The van der Waals surface area contributed by atoms with Gasteiger partial charge in [-0.15, -0.1) is 0 Å². The average Bonchev–Trinajstić information content (AvgIpc) is 2.72. The first-order valence-corrected chi connectivity index (χ1v) is 8.45. The molecule has 0 spiro atoms. The van der Waals surface area contributed by atoms with Crippen molar-refractivity contribution in [1.29, 1.82) is 0 Å². The maximum atomic E-state index is 12.2. The minimum atomic E-state index is -0.606. The molecule has 10 heteroatoms. The number of hydrazine groups is 1. The van der Waals surface area contributed by atoms with Crippen LogP contribution in [0.3, 0.4) is 0 Å². The Balaban J connectivity index is 1.86. The van der Waals surface area contributed by atoms with Gasteiger partial charge in [-0.05, 0) is 36.4 Å². The first-order chi connectivity index (χ1) is 13.5. The SMILES string of the molecule is CN(c1ccccc1)c1ncnc(NNC(=O)c2ccc(Cl)cc2)c1[N+](=O)[O-]. The van der Waals surface area contributed by atoms with Crippen LogP contribution in [0.2, 0.25) is 5.02 Å². The monoisotopic (exact) mass is 398 g/mol. The number of hydrogen-bond acceptors (Lipinski definition) is 7.